The molecule has 0 heterocycles. The molecule has 37 heavy (non-hydrogen) atoms. The van der Waals surface area contributed by atoms with Gasteiger partial charge in [-0.3, -0.25) is 4.79 Å². The highest BCUT2D eigenvalue weighted by Gasteiger charge is 2.65. The number of hydrogen-bond donors (Lipinski definition) is 3. The largest absolute Gasteiger partial charge is 0.481 e. The molecule has 1 aromatic carbocycles. The monoisotopic (exact) mass is 512 g/mol. The number of amides is 1. The van der Waals surface area contributed by atoms with Crippen LogP contribution in [0, 0.1) is 22.7 Å². The maximum atomic E-state index is 12.1. The number of benzene rings is 1. The summed E-state index contributed by atoms with van der Waals surface area (Å²) >= 11 is 0. The number of hydrogen-bond acceptors (Lipinski definition) is 4. The van der Waals surface area contributed by atoms with Crippen molar-refractivity contribution >= 4 is 12.1 Å². The Labute approximate surface area is 223 Å². The van der Waals surface area contributed by atoms with E-state index in [-0.39, 0.29) is 16.9 Å². The molecule has 1 aromatic rings. The number of alkyl carbamates (subject to hydrolysis) is 1. The van der Waals surface area contributed by atoms with E-state index in [2.05, 4.69) is 42.6 Å². The summed E-state index contributed by atoms with van der Waals surface area (Å²) < 4.78 is 5.18. The number of rotatable bonds is 5. The smallest absolute Gasteiger partial charge is 0.407 e. The number of carboxylic acid groups (broad SMARTS) is 1. The third kappa shape index (κ3) is 6.32. The molecule has 4 atom stereocenters. The van der Waals surface area contributed by atoms with Gasteiger partial charge in [-0.2, -0.15) is 0 Å². The number of ether oxygens (including phenoxy) is 1. The van der Waals surface area contributed by atoms with Crippen molar-refractivity contribution in [2.75, 3.05) is 6.54 Å². The first-order valence-electron chi connectivity index (χ1n) is 14.4. The summed E-state index contributed by atoms with van der Waals surface area (Å²) in [6, 6.07) is 11.1. The normalized spacial score (nSPS) is 36.3. The molecule has 5 fully saturated rings. The number of carbonyl (C=O) groups is 2. The zero-order valence-corrected chi connectivity index (χ0v) is 23.4. The number of aliphatic carboxylic acids is 1. The van der Waals surface area contributed by atoms with Crippen molar-refractivity contribution in [2.24, 2.45) is 28.4 Å². The number of nitrogens with two attached hydrogens (primary N) is 1. The Kier molecular flexibility index (Phi) is 8.00. The predicted molar refractivity (Wildman–Crippen MR) is 146 cm³/mol. The van der Waals surface area contributed by atoms with E-state index in [0.717, 1.165) is 51.4 Å². The van der Waals surface area contributed by atoms with Gasteiger partial charge in [0.25, 0.3) is 0 Å². The standard InChI is InChI=1S/C19H24O2.C12H24N2O2/c1-2-17-8-14-9-18(11-17,15-6-4-3-5-7-15)13-19(10-14,12-17)16(20)21;1-12(2,3)16-11(15)14-8-9-4-6-10(13)7-5-9/h3-7,14H,2,8-13H2,1H3,(H,20,21);9-10H,4-8,13H2,1-3H3,(H,14,15). The minimum absolute atomic E-state index is 0.120. The predicted octanol–water partition coefficient (Wildman–Crippen LogP) is 6.42. The molecule has 0 spiro atoms. The minimum Gasteiger partial charge on any atom is -0.481 e. The Hall–Kier alpha value is -2.08. The molecule has 6 nitrogen and oxygen atoms in total. The van der Waals surface area contributed by atoms with Crippen LogP contribution in [0.2, 0.25) is 0 Å². The van der Waals surface area contributed by atoms with E-state index in [4.69, 9.17) is 10.5 Å². The molecule has 4 bridgehead atoms. The summed E-state index contributed by atoms with van der Waals surface area (Å²) in [5.74, 6) is 0.634. The van der Waals surface area contributed by atoms with Crippen LogP contribution in [0.4, 0.5) is 4.79 Å². The van der Waals surface area contributed by atoms with E-state index in [1.807, 2.05) is 20.8 Å². The molecule has 0 radical (unpaired) electrons. The summed E-state index contributed by atoms with van der Waals surface area (Å²) in [6.07, 6.45) is 11.5. The minimum atomic E-state index is -0.537. The first-order valence-corrected chi connectivity index (χ1v) is 14.4. The van der Waals surface area contributed by atoms with Gasteiger partial charge in [0.15, 0.2) is 0 Å². The Morgan fingerprint density at radius 3 is 2.30 bits per heavy atom. The summed E-state index contributed by atoms with van der Waals surface area (Å²) in [7, 11) is 0. The SMILES string of the molecule is CC(C)(C)OC(=O)NCC1CCC(N)CC1.CCC12CC3CC(C(=O)O)(C1)CC(c1ccccc1)(C3)C2. The Morgan fingerprint density at radius 1 is 1.03 bits per heavy atom. The quantitative estimate of drug-likeness (QED) is 0.423. The van der Waals surface area contributed by atoms with Crippen LogP contribution >= 0.6 is 0 Å². The van der Waals surface area contributed by atoms with E-state index < -0.39 is 17.0 Å². The van der Waals surface area contributed by atoms with E-state index in [1.54, 1.807) is 0 Å². The molecule has 4 N–H and O–H groups in total. The highest BCUT2D eigenvalue weighted by molar-refractivity contribution is 5.76. The third-order valence-corrected chi connectivity index (χ3v) is 9.60. The van der Waals surface area contributed by atoms with E-state index in [9.17, 15) is 14.7 Å². The Balaban J connectivity index is 0.000000181. The Bertz CT molecular complexity index is 952. The van der Waals surface area contributed by atoms with E-state index in [1.165, 1.54) is 24.8 Å². The van der Waals surface area contributed by atoms with Gasteiger partial charge < -0.3 is 20.9 Å². The van der Waals surface area contributed by atoms with Crippen molar-refractivity contribution in [2.45, 2.75) is 115 Å². The molecule has 5 saturated carbocycles. The molecule has 5 aliphatic carbocycles. The fraction of sp³-hybridized carbons (Fsp3) is 0.742. The highest BCUT2D eigenvalue weighted by Crippen LogP contribution is 2.71. The molecular formula is C31H48N2O4. The van der Waals surface area contributed by atoms with Gasteiger partial charge in [-0.25, -0.2) is 4.79 Å². The van der Waals surface area contributed by atoms with Crippen molar-refractivity contribution in [1.82, 2.24) is 5.32 Å². The molecule has 0 aliphatic heterocycles. The molecular weight excluding hydrogens is 464 g/mol. The molecule has 0 saturated heterocycles. The van der Waals surface area contributed by atoms with Gasteiger partial charge in [0.05, 0.1) is 5.41 Å². The Morgan fingerprint density at radius 2 is 1.70 bits per heavy atom. The van der Waals surface area contributed by atoms with Crippen molar-refractivity contribution in [3.63, 3.8) is 0 Å². The van der Waals surface area contributed by atoms with Crippen LogP contribution in [0.1, 0.15) is 104 Å². The number of carbonyl (C=O) groups excluding carboxylic acids is 1. The van der Waals surface area contributed by atoms with Gasteiger partial charge in [0, 0.05) is 12.6 Å². The average Bonchev–Trinajstić information content (AvgIpc) is 2.83. The zero-order chi connectivity index (χ0) is 26.9. The van der Waals surface area contributed by atoms with E-state index >= 15 is 0 Å². The van der Waals surface area contributed by atoms with Gasteiger partial charge in [-0.15, -0.1) is 0 Å². The number of carboxylic acids is 1. The van der Waals surface area contributed by atoms with Crippen LogP contribution in [0.3, 0.4) is 0 Å². The van der Waals surface area contributed by atoms with Crippen LogP contribution < -0.4 is 11.1 Å². The molecule has 6 heteroatoms. The van der Waals surface area contributed by atoms with Crippen molar-refractivity contribution in [3.8, 4) is 0 Å². The van der Waals surface area contributed by atoms with Gasteiger partial charge in [-0.1, -0.05) is 43.7 Å². The summed E-state index contributed by atoms with van der Waals surface area (Å²) in [4.78, 5) is 23.5. The topological polar surface area (TPSA) is 102 Å². The van der Waals surface area contributed by atoms with Gasteiger partial charge >= 0.3 is 12.1 Å². The summed E-state index contributed by atoms with van der Waals surface area (Å²) in [5, 5.41) is 12.8. The van der Waals surface area contributed by atoms with E-state index in [0.29, 0.717) is 24.4 Å². The zero-order valence-electron chi connectivity index (χ0n) is 23.4. The summed E-state index contributed by atoms with van der Waals surface area (Å²) in [6.45, 7) is 8.58. The average molecular weight is 513 g/mol. The van der Waals surface area contributed by atoms with Crippen molar-refractivity contribution in [1.29, 1.82) is 0 Å². The van der Waals surface area contributed by atoms with Gasteiger partial charge in [0.2, 0.25) is 0 Å². The summed E-state index contributed by atoms with van der Waals surface area (Å²) in [5.41, 5.74) is 6.73. The van der Waals surface area contributed by atoms with Gasteiger partial charge in [-0.05, 0) is 113 Å². The molecule has 4 unspecified atom stereocenters. The second-order valence-electron chi connectivity index (χ2n) is 13.8. The molecule has 6 rings (SSSR count). The van der Waals surface area contributed by atoms with Crippen LogP contribution in [0.15, 0.2) is 30.3 Å². The van der Waals surface area contributed by atoms with Crippen molar-refractivity contribution in [3.05, 3.63) is 35.9 Å². The van der Waals surface area contributed by atoms with Crippen LogP contribution in [-0.2, 0) is 14.9 Å². The molecule has 5 aliphatic rings. The lowest BCUT2D eigenvalue weighted by Crippen LogP contribution is -2.60. The lowest BCUT2D eigenvalue weighted by molar-refractivity contribution is -0.179. The van der Waals surface area contributed by atoms with Crippen LogP contribution in [0.5, 0.6) is 0 Å². The first-order chi connectivity index (χ1) is 17.4. The maximum absolute atomic E-state index is 12.1. The molecule has 0 aromatic heterocycles. The van der Waals surface area contributed by atoms with Crippen molar-refractivity contribution < 1.29 is 19.4 Å². The fourth-order valence-electron chi connectivity index (χ4n) is 8.32. The molecule has 1 amide bonds. The van der Waals surface area contributed by atoms with Crippen LogP contribution in [0.25, 0.3) is 0 Å². The lowest BCUT2D eigenvalue weighted by atomic mass is 9.38. The second-order valence-corrected chi connectivity index (χ2v) is 13.8. The fourth-order valence-corrected chi connectivity index (χ4v) is 8.32. The first kappa shape index (κ1) is 27.9. The molecule has 206 valence electrons. The third-order valence-electron chi connectivity index (χ3n) is 9.60. The van der Waals surface area contributed by atoms with Crippen LogP contribution in [-0.4, -0.2) is 35.4 Å². The highest BCUT2D eigenvalue weighted by atomic mass is 16.6. The number of nitrogens with one attached hydrogen (secondary N) is 1. The maximum Gasteiger partial charge on any atom is 0.407 e. The second kappa shape index (κ2) is 10.6. The van der Waals surface area contributed by atoms with Gasteiger partial charge in [0.1, 0.15) is 5.60 Å². The lowest BCUT2D eigenvalue weighted by Gasteiger charge is -2.65.